The first-order valence-corrected chi connectivity index (χ1v) is 7.08. The minimum absolute atomic E-state index is 0.0863. The summed E-state index contributed by atoms with van der Waals surface area (Å²) in [4.78, 5) is 12.9. The molecule has 0 aliphatic carbocycles. The number of nitrogen functional groups attached to an aromatic ring is 1. The second kappa shape index (κ2) is 6.69. The number of benzene rings is 1. The maximum atomic E-state index is 11.8. The molecule has 0 saturated carbocycles. The summed E-state index contributed by atoms with van der Waals surface area (Å²) < 4.78 is 0. The third kappa shape index (κ3) is 4.61. The Bertz CT molecular complexity index is 418. The van der Waals surface area contributed by atoms with Crippen molar-refractivity contribution >= 4 is 23.4 Å². The van der Waals surface area contributed by atoms with Crippen LogP contribution in [0.1, 0.15) is 26.3 Å². The molecule has 0 saturated heterocycles. The second-order valence-corrected chi connectivity index (χ2v) is 6.33. The van der Waals surface area contributed by atoms with E-state index in [1.807, 2.05) is 32.0 Å². The van der Waals surface area contributed by atoms with Crippen LogP contribution in [0.5, 0.6) is 0 Å². The summed E-state index contributed by atoms with van der Waals surface area (Å²) in [7, 11) is 0. The summed E-state index contributed by atoms with van der Waals surface area (Å²) in [6.45, 7) is 8.79. The number of anilines is 1. The van der Waals surface area contributed by atoms with Crippen molar-refractivity contribution in [3.8, 4) is 0 Å². The van der Waals surface area contributed by atoms with Crippen molar-refractivity contribution in [2.24, 2.45) is 5.92 Å². The van der Waals surface area contributed by atoms with E-state index in [0.717, 1.165) is 22.7 Å². The number of aryl methyl sites for hydroxylation is 1. The molecule has 1 aromatic carbocycles. The van der Waals surface area contributed by atoms with Crippen molar-refractivity contribution < 1.29 is 4.79 Å². The van der Waals surface area contributed by atoms with Gasteiger partial charge >= 0.3 is 0 Å². The van der Waals surface area contributed by atoms with Crippen molar-refractivity contribution in [1.29, 1.82) is 0 Å². The van der Waals surface area contributed by atoms with Crippen LogP contribution in [-0.4, -0.2) is 17.7 Å². The number of amides is 1. The molecule has 0 fully saturated rings. The number of carbonyl (C=O) groups excluding carboxylic acids is 1. The largest absolute Gasteiger partial charge is 0.399 e. The summed E-state index contributed by atoms with van der Waals surface area (Å²) in [5.74, 6) is 0.563. The van der Waals surface area contributed by atoms with Gasteiger partial charge in [-0.3, -0.25) is 4.79 Å². The summed E-state index contributed by atoms with van der Waals surface area (Å²) in [5, 5.41) is 2.85. The van der Waals surface area contributed by atoms with Crippen LogP contribution in [0.4, 0.5) is 5.69 Å². The molecule has 1 amide bonds. The summed E-state index contributed by atoms with van der Waals surface area (Å²) >= 11 is 1.56. The Morgan fingerprint density at radius 2 is 2.06 bits per heavy atom. The van der Waals surface area contributed by atoms with Crippen LogP contribution < -0.4 is 11.1 Å². The topological polar surface area (TPSA) is 55.1 Å². The Labute approximate surface area is 114 Å². The van der Waals surface area contributed by atoms with E-state index in [9.17, 15) is 4.79 Å². The van der Waals surface area contributed by atoms with Gasteiger partial charge in [0.25, 0.3) is 0 Å². The maximum absolute atomic E-state index is 11.8. The van der Waals surface area contributed by atoms with Gasteiger partial charge in [0.1, 0.15) is 0 Å². The lowest BCUT2D eigenvalue weighted by Gasteiger charge is -2.14. The van der Waals surface area contributed by atoms with Crippen molar-refractivity contribution in [2.45, 2.75) is 37.8 Å². The molecule has 1 unspecified atom stereocenters. The molecule has 0 aromatic heterocycles. The van der Waals surface area contributed by atoms with Crippen LogP contribution in [0.3, 0.4) is 0 Å². The molecule has 0 bridgehead atoms. The predicted molar refractivity (Wildman–Crippen MR) is 78.8 cm³/mol. The highest BCUT2D eigenvalue weighted by atomic mass is 32.2. The van der Waals surface area contributed by atoms with Gasteiger partial charge in [0.15, 0.2) is 0 Å². The van der Waals surface area contributed by atoms with E-state index in [0.29, 0.717) is 5.92 Å². The number of rotatable bonds is 5. The predicted octanol–water partition coefficient (Wildman–Crippen LogP) is 2.83. The van der Waals surface area contributed by atoms with Crippen molar-refractivity contribution in [1.82, 2.24) is 5.32 Å². The normalized spacial score (nSPS) is 12.5. The van der Waals surface area contributed by atoms with E-state index in [2.05, 4.69) is 19.2 Å². The molecule has 18 heavy (non-hydrogen) atoms. The highest BCUT2D eigenvalue weighted by Gasteiger charge is 2.14. The number of thioether (sulfide) groups is 1. The molecule has 1 atom stereocenters. The molecule has 1 aromatic rings. The third-order valence-corrected chi connectivity index (χ3v) is 3.70. The van der Waals surface area contributed by atoms with Gasteiger partial charge in [0.2, 0.25) is 5.91 Å². The smallest absolute Gasteiger partial charge is 0.233 e. The fourth-order valence-corrected chi connectivity index (χ4v) is 2.42. The van der Waals surface area contributed by atoms with E-state index in [1.54, 1.807) is 11.8 Å². The van der Waals surface area contributed by atoms with Crippen LogP contribution in [0.25, 0.3) is 0 Å². The molecule has 0 spiro atoms. The van der Waals surface area contributed by atoms with E-state index in [4.69, 9.17) is 5.73 Å². The van der Waals surface area contributed by atoms with Gasteiger partial charge < -0.3 is 11.1 Å². The van der Waals surface area contributed by atoms with E-state index < -0.39 is 0 Å². The lowest BCUT2D eigenvalue weighted by atomic mass is 10.2. The van der Waals surface area contributed by atoms with Gasteiger partial charge in [0, 0.05) is 17.1 Å². The lowest BCUT2D eigenvalue weighted by molar-refractivity contribution is -0.120. The van der Waals surface area contributed by atoms with Crippen molar-refractivity contribution in [3.63, 3.8) is 0 Å². The first-order valence-electron chi connectivity index (χ1n) is 6.20. The third-order valence-electron chi connectivity index (χ3n) is 2.61. The number of nitrogens with two attached hydrogens (primary N) is 1. The van der Waals surface area contributed by atoms with E-state index in [1.165, 1.54) is 0 Å². The number of carbonyl (C=O) groups is 1. The van der Waals surface area contributed by atoms with Gasteiger partial charge in [-0.25, -0.2) is 0 Å². The first kappa shape index (κ1) is 14.9. The van der Waals surface area contributed by atoms with Crippen LogP contribution in [0.15, 0.2) is 23.1 Å². The van der Waals surface area contributed by atoms with Crippen LogP contribution in [0.2, 0.25) is 0 Å². The average molecular weight is 266 g/mol. The summed E-state index contributed by atoms with van der Waals surface area (Å²) in [6, 6.07) is 5.86. The number of hydrogen-bond donors (Lipinski definition) is 2. The highest BCUT2D eigenvalue weighted by Crippen LogP contribution is 2.26. The maximum Gasteiger partial charge on any atom is 0.233 e. The summed E-state index contributed by atoms with van der Waals surface area (Å²) in [6.07, 6.45) is 0. The molecule has 0 heterocycles. The summed E-state index contributed by atoms with van der Waals surface area (Å²) in [5.41, 5.74) is 7.61. The van der Waals surface area contributed by atoms with Gasteiger partial charge in [-0.15, -0.1) is 11.8 Å². The van der Waals surface area contributed by atoms with E-state index >= 15 is 0 Å². The van der Waals surface area contributed by atoms with Gasteiger partial charge in [-0.2, -0.15) is 0 Å². The minimum atomic E-state index is -0.0909. The number of hydrogen-bond acceptors (Lipinski definition) is 3. The molecule has 3 nitrogen and oxygen atoms in total. The zero-order valence-electron chi connectivity index (χ0n) is 11.5. The van der Waals surface area contributed by atoms with Crippen molar-refractivity contribution in [3.05, 3.63) is 23.8 Å². The number of nitrogens with one attached hydrogen (secondary N) is 1. The minimum Gasteiger partial charge on any atom is -0.399 e. The van der Waals surface area contributed by atoms with Crippen LogP contribution in [-0.2, 0) is 4.79 Å². The molecule has 0 aliphatic heterocycles. The zero-order chi connectivity index (χ0) is 13.7. The zero-order valence-corrected chi connectivity index (χ0v) is 12.3. The van der Waals surface area contributed by atoms with Gasteiger partial charge in [-0.05, 0) is 43.5 Å². The molecule has 0 radical (unpaired) electrons. The Kier molecular flexibility index (Phi) is 5.54. The van der Waals surface area contributed by atoms with Gasteiger partial charge in [0.05, 0.1) is 5.25 Å². The lowest BCUT2D eigenvalue weighted by Crippen LogP contribution is -2.33. The molecule has 4 heteroatoms. The monoisotopic (exact) mass is 266 g/mol. The SMILES string of the molecule is Cc1cc(SC(C)C(=O)NCC(C)C)ccc1N. The highest BCUT2D eigenvalue weighted by molar-refractivity contribution is 8.00. The Morgan fingerprint density at radius 1 is 1.39 bits per heavy atom. The van der Waals surface area contributed by atoms with Gasteiger partial charge in [-0.1, -0.05) is 13.8 Å². The molecule has 1 rings (SSSR count). The quantitative estimate of drug-likeness (QED) is 0.636. The molecule has 3 N–H and O–H groups in total. The van der Waals surface area contributed by atoms with Crippen molar-refractivity contribution in [2.75, 3.05) is 12.3 Å². The first-order chi connectivity index (χ1) is 8.40. The molecule has 0 aliphatic rings. The Balaban J connectivity index is 2.55. The van der Waals surface area contributed by atoms with E-state index in [-0.39, 0.29) is 11.2 Å². The van der Waals surface area contributed by atoms with Crippen LogP contribution in [0, 0.1) is 12.8 Å². The molecular weight excluding hydrogens is 244 g/mol. The second-order valence-electron chi connectivity index (χ2n) is 4.92. The van der Waals surface area contributed by atoms with Crippen LogP contribution >= 0.6 is 11.8 Å². The Hall–Kier alpha value is -1.16. The average Bonchev–Trinajstić information content (AvgIpc) is 2.30. The standard InChI is InChI=1S/C14H22N2OS/c1-9(2)8-16-14(17)11(4)18-12-5-6-13(15)10(3)7-12/h5-7,9,11H,8,15H2,1-4H3,(H,16,17). The Morgan fingerprint density at radius 3 is 2.61 bits per heavy atom. The molecule has 100 valence electrons. The fraction of sp³-hybridized carbons (Fsp3) is 0.500. The molecular formula is C14H22N2OS. The fourth-order valence-electron chi connectivity index (χ4n) is 1.43.